The largest absolute Gasteiger partial charge is 0.381 e. The van der Waals surface area contributed by atoms with Crippen LogP contribution in [0, 0.1) is 5.92 Å². The van der Waals surface area contributed by atoms with Gasteiger partial charge in [-0.2, -0.15) is 0 Å². The van der Waals surface area contributed by atoms with Gasteiger partial charge in [0, 0.05) is 39.0 Å². The number of carbonyl (C=O) groups excluding carboxylic acids is 1. The van der Waals surface area contributed by atoms with E-state index in [1.807, 2.05) is 0 Å². The third-order valence-corrected chi connectivity index (χ3v) is 5.28. The van der Waals surface area contributed by atoms with Gasteiger partial charge in [0.1, 0.15) is 5.56 Å². The van der Waals surface area contributed by atoms with Gasteiger partial charge in [-0.3, -0.25) is 9.59 Å². The fraction of sp³-hybridized carbons (Fsp3) is 0.667. The van der Waals surface area contributed by atoms with Crippen LogP contribution in [0.4, 0.5) is 0 Å². The molecule has 0 radical (unpaired) electrons. The van der Waals surface area contributed by atoms with Crippen LogP contribution in [0.25, 0.3) is 0 Å². The number of hydrogen-bond donors (Lipinski definition) is 1. The van der Waals surface area contributed by atoms with Gasteiger partial charge in [0.25, 0.3) is 11.5 Å². The van der Waals surface area contributed by atoms with E-state index in [2.05, 4.69) is 10.2 Å². The van der Waals surface area contributed by atoms with Gasteiger partial charge in [-0.1, -0.05) is 0 Å². The first-order valence-electron chi connectivity index (χ1n) is 8.91. The molecule has 1 amide bonds. The summed E-state index contributed by atoms with van der Waals surface area (Å²) in [5.74, 6) is 0.237. The van der Waals surface area contributed by atoms with E-state index in [0.29, 0.717) is 18.5 Å². The molecule has 0 unspecified atom stereocenters. The van der Waals surface area contributed by atoms with Crippen molar-refractivity contribution in [3.8, 4) is 0 Å². The summed E-state index contributed by atoms with van der Waals surface area (Å²) in [7, 11) is 1.66. The molecule has 0 saturated carbocycles. The van der Waals surface area contributed by atoms with Crippen LogP contribution in [0.5, 0.6) is 0 Å². The number of hydrogen-bond acceptors (Lipinski definition) is 4. The number of amides is 1. The van der Waals surface area contributed by atoms with Crippen molar-refractivity contribution in [2.24, 2.45) is 13.0 Å². The second-order valence-electron chi connectivity index (χ2n) is 6.87. The fourth-order valence-electron chi connectivity index (χ4n) is 3.67. The molecule has 0 aliphatic carbocycles. The Hall–Kier alpha value is -1.66. The topological polar surface area (TPSA) is 63.6 Å². The van der Waals surface area contributed by atoms with Crippen molar-refractivity contribution in [2.45, 2.75) is 31.7 Å². The van der Waals surface area contributed by atoms with E-state index < -0.39 is 0 Å². The van der Waals surface area contributed by atoms with Crippen molar-refractivity contribution >= 4 is 5.91 Å². The normalized spacial score (nSPS) is 20.9. The Balaban J connectivity index is 1.45. The maximum absolute atomic E-state index is 12.2. The van der Waals surface area contributed by atoms with Crippen LogP contribution in [0.2, 0.25) is 0 Å². The van der Waals surface area contributed by atoms with Gasteiger partial charge in [-0.25, -0.2) is 0 Å². The summed E-state index contributed by atoms with van der Waals surface area (Å²) in [5.41, 5.74) is -0.0241. The van der Waals surface area contributed by atoms with Gasteiger partial charge in [0.05, 0.1) is 0 Å². The van der Waals surface area contributed by atoms with Crippen LogP contribution >= 0.6 is 0 Å². The SMILES string of the molecule is Cn1cccc(C(=O)NCC2CCN(C3CCOCC3)CC2)c1=O. The van der Waals surface area contributed by atoms with Crippen LogP contribution in [0.3, 0.4) is 0 Å². The molecule has 3 rings (SSSR count). The van der Waals surface area contributed by atoms with Crippen molar-refractivity contribution in [3.63, 3.8) is 0 Å². The summed E-state index contributed by atoms with van der Waals surface area (Å²) in [6.07, 6.45) is 6.14. The summed E-state index contributed by atoms with van der Waals surface area (Å²) in [6, 6.07) is 3.98. The van der Waals surface area contributed by atoms with Crippen LogP contribution in [-0.4, -0.2) is 54.3 Å². The Morgan fingerprint density at radius 1 is 1.25 bits per heavy atom. The Bertz CT molecular complexity index is 614. The van der Waals surface area contributed by atoms with Crippen LogP contribution in [-0.2, 0) is 11.8 Å². The predicted octanol–water partition coefficient (Wildman–Crippen LogP) is 1.01. The standard InChI is InChI=1S/C18H27N3O3/c1-20-8-2-3-16(18(20)23)17(22)19-13-14-4-9-21(10-5-14)15-6-11-24-12-7-15/h2-3,8,14-15H,4-7,9-13H2,1H3,(H,19,22). The molecule has 24 heavy (non-hydrogen) atoms. The number of pyridine rings is 1. The molecule has 2 aliphatic rings. The van der Waals surface area contributed by atoms with Crippen molar-refractivity contribution in [2.75, 3.05) is 32.8 Å². The molecular formula is C18H27N3O3. The molecule has 1 aromatic heterocycles. The second-order valence-corrected chi connectivity index (χ2v) is 6.87. The van der Waals surface area contributed by atoms with E-state index in [0.717, 1.165) is 52.0 Å². The summed E-state index contributed by atoms with van der Waals surface area (Å²) in [6.45, 7) is 4.61. The molecule has 0 atom stereocenters. The molecule has 6 nitrogen and oxygen atoms in total. The number of piperidine rings is 1. The third-order valence-electron chi connectivity index (χ3n) is 5.28. The highest BCUT2D eigenvalue weighted by Gasteiger charge is 2.26. The Labute approximate surface area is 142 Å². The Kier molecular flexibility index (Phi) is 5.68. The molecule has 2 aliphatic heterocycles. The minimum Gasteiger partial charge on any atom is -0.381 e. The van der Waals surface area contributed by atoms with Gasteiger partial charge < -0.3 is 19.5 Å². The summed E-state index contributed by atoms with van der Waals surface area (Å²) < 4.78 is 6.87. The number of aromatic nitrogens is 1. The van der Waals surface area contributed by atoms with E-state index in [4.69, 9.17) is 4.74 Å². The molecule has 0 spiro atoms. The van der Waals surface area contributed by atoms with Crippen LogP contribution in [0.15, 0.2) is 23.1 Å². The van der Waals surface area contributed by atoms with Crippen molar-refractivity contribution < 1.29 is 9.53 Å². The lowest BCUT2D eigenvalue weighted by atomic mass is 9.94. The van der Waals surface area contributed by atoms with E-state index in [-0.39, 0.29) is 17.0 Å². The van der Waals surface area contributed by atoms with Gasteiger partial charge >= 0.3 is 0 Å². The quantitative estimate of drug-likeness (QED) is 0.893. The number of rotatable bonds is 4. The molecule has 2 saturated heterocycles. The van der Waals surface area contributed by atoms with Crippen molar-refractivity contribution in [1.82, 2.24) is 14.8 Å². The highest BCUT2D eigenvalue weighted by Crippen LogP contribution is 2.22. The Morgan fingerprint density at radius 3 is 2.67 bits per heavy atom. The summed E-state index contributed by atoms with van der Waals surface area (Å²) in [5, 5.41) is 2.94. The third kappa shape index (κ3) is 4.05. The smallest absolute Gasteiger partial charge is 0.263 e. The molecule has 0 aromatic carbocycles. The van der Waals surface area contributed by atoms with E-state index in [1.165, 1.54) is 4.57 Å². The lowest BCUT2D eigenvalue weighted by Crippen LogP contribution is -2.45. The second kappa shape index (κ2) is 7.94. The van der Waals surface area contributed by atoms with Gasteiger partial charge in [-0.05, 0) is 56.8 Å². The number of aryl methyl sites for hydroxylation is 1. The first kappa shape index (κ1) is 17.2. The maximum atomic E-state index is 12.2. The minimum absolute atomic E-state index is 0.222. The van der Waals surface area contributed by atoms with Gasteiger partial charge in [0.2, 0.25) is 0 Å². The molecule has 0 bridgehead atoms. The monoisotopic (exact) mass is 333 g/mol. The molecule has 6 heteroatoms. The number of likely N-dealkylation sites (tertiary alicyclic amines) is 1. The van der Waals surface area contributed by atoms with Crippen LogP contribution in [0.1, 0.15) is 36.0 Å². The van der Waals surface area contributed by atoms with Crippen LogP contribution < -0.4 is 10.9 Å². The number of carbonyl (C=O) groups is 1. The number of ether oxygens (including phenoxy) is 1. The highest BCUT2D eigenvalue weighted by molar-refractivity contribution is 5.93. The molecule has 3 heterocycles. The first-order chi connectivity index (χ1) is 11.6. The zero-order valence-electron chi connectivity index (χ0n) is 14.4. The minimum atomic E-state index is -0.261. The van der Waals surface area contributed by atoms with Crippen molar-refractivity contribution in [1.29, 1.82) is 0 Å². The fourth-order valence-corrected chi connectivity index (χ4v) is 3.67. The van der Waals surface area contributed by atoms with E-state index in [1.54, 1.807) is 25.4 Å². The predicted molar refractivity (Wildman–Crippen MR) is 92.2 cm³/mol. The zero-order valence-corrected chi connectivity index (χ0v) is 14.4. The van der Waals surface area contributed by atoms with E-state index in [9.17, 15) is 9.59 Å². The van der Waals surface area contributed by atoms with Gasteiger partial charge in [-0.15, -0.1) is 0 Å². The average Bonchev–Trinajstić information content (AvgIpc) is 2.63. The summed E-state index contributed by atoms with van der Waals surface area (Å²) in [4.78, 5) is 26.8. The number of nitrogens with one attached hydrogen (secondary N) is 1. The molecule has 2 fully saturated rings. The van der Waals surface area contributed by atoms with E-state index >= 15 is 0 Å². The maximum Gasteiger partial charge on any atom is 0.263 e. The first-order valence-corrected chi connectivity index (χ1v) is 8.91. The molecule has 132 valence electrons. The molecular weight excluding hydrogens is 306 g/mol. The Morgan fingerprint density at radius 2 is 1.96 bits per heavy atom. The van der Waals surface area contributed by atoms with Crippen molar-refractivity contribution in [3.05, 3.63) is 34.2 Å². The summed E-state index contributed by atoms with van der Waals surface area (Å²) >= 11 is 0. The lowest BCUT2D eigenvalue weighted by Gasteiger charge is -2.39. The lowest BCUT2D eigenvalue weighted by molar-refractivity contribution is 0.0211. The average molecular weight is 333 g/mol. The van der Waals surface area contributed by atoms with Gasteiger partial charge in [0.15, 0.2) is 0 Å². The molecule has 1 aromatic rings. The zero-order chi connectivity index (χ0) is 16.9. The highest BCUT2D eigenvalue weighted by atomic mass is 16.5. The number of nitrogens with zero attached hydrogens (tertiary/aromatic N) is 2. The molecule has 1 N–H and O–H groups in total.